The third kappa shape index (κ3) is 2.23. The highest BCUT2D eigenvalue weighted by Crippen LogP contribution is 2.29. The van der Waals surface area contributed by atoms with Crippen molar-refractivity contribution in [3.05, 3.63) is 23.9 Å². The van der Waals surface area contributed by atoms with Crippen LogP contribution >= 0.6 is 0 Å². The van der Waals surface area contributed by atoms with E-state index in [2.05, 4.69) is 10.2 Å². The van der Waals surface area contributed by atoms with Crippen LogP contribution in [0.5, 0.6) is 5.75 Å². The zero-order valence-electron chi connectivity index (χ0n) is 11.1. The van der Waals surface area contributed by atoms with Crippen LogP contribution in [0.3, 0.4) is 0 Å². The molecule has 0 spiro atoms. The van der Waals surface area contributed by atoms with Gasteiger partial charge in [0.15, 0.2) is 5.78 Å². The molecule has 0 bridgehead atoms. The molecule has 1 heterocycles. The largest absolute Gasteiger partial charge is 0.497 e. The lowest BCUT2D eigenvalue weighted by molar-refractivity contribution is 0.0886. The van der Waals surface area contributed by atoms with Crippen molar-refractivity contribution < 1.29 is 9.53 Å². The summed E-state index contributed by atoms with van der Waals surface area (Å²) in [4.78, 5) is 12.5. The van der Waals surface area contributed by atoms with Gasteiger partial charge in [0.05, 0.1) is 12.6 Å². The van der Waals surface area contributed by atoms with Crippen LogP contribution in [0.1, 0.15) is 42.6 Å². The van der Waals surface area contributed by atoms with Crippen LogP contribution in [0.2, 0.25) is 0 Å². The normalized spacial score (nSPS) is 16.7. The summed E-state index contributed by atoms with van der Waals surface area (Å²) in [6.45, 7) is 0. The second-order valence-corrected chi connectivity index (χ2v) is 5.18. The first-order valence-electron chi connectivity index (χ1n) is 6.86. The lowest BCUT2D eigenvalue weighted by Crippen LogP contribution is -2.18. The average Bonchev–Trinajstić information content (AvgIpc) is 2.90. The molecule has 0 atom stereocenters. The quantitative estimate of drug-likeness (QED) is 0.859. The van der Waals surface area contributed by atoms with E-state index in [9.17, 15) is 4.79 Å². The number of aromatic amines is 1. The van der Waals surface area contributed by atoms with Gasteiger partial charge in [0.2, 0.25) is 0 Å². The predicted octanol–water partition coefficient (Wildman–Crippen LogP) is 3.33. The van der Waals surface area contributed by atoms with Crippen molar-refractivity contribution in [1.82, 2.24) is 10.2 Å². The van der Waals surface area contributed by atoms with E-state index >= 15 is 0 Å². The number of Topliss-reactive ketones (excluding diaryl/α,β-unsaturated/α-hetero) is 1. The van der Waals surface area contributed by atoms with E-state index in [1.165, 1.54) is 6.42 Å². The fourth-order valence-corrected chi connectivity index (χ4v) is 2.87. The number of nitrogens with one attached hydrogen (secondary N) is 1. The summed E-state index contributed by atoms with van der Waals surface area (Å²) in [5.74, 6) is 1.12. The zero-order chi connectivity index (χ0) is 13.2. The third-order valence-electron chi connectivity index (χ3n) is 3.98. The van der Waals surface area contributed by atoms with Crippen LogP contribution in [0.15, 0.2) is 18.2 Å². The van der Waals surface area contributed by atoms with E-state index in [0.29, 0.717) is 5.69 Å². The molecule has 1 fully saturated rings. The van der Waals surface area contributed by atoms with Crippen molar-refractivity contribution in [2.24, 2.45) is 5.92 Å². The van der Waals surface area contributed by atoms with Gasteiger partial charge in [0, 0.05) is 17.4 Å². The highest BCUT2D eigenvalue weighted by atomic mass is 16.5. The number of rotatable bonds is 3. The minimum Gasteiger partial charge on any atom is -0.497 e. The summed E-state index contributed by atoms with van der Waals surface area (Å²) in [7, 11) is 1.63. The number of ketones is 1. The number of H-pyrrole nitrogens is 1. The van der Waals surface area contributed by atoms with Gasteiger partial charge in [0.25, 0.3) is 0 Å². The van der Waals surface area contributed by atoms with Gasteiger partial charge in [-0.25, -0.2) is 0 Å². The summed E-state index contributed by atoms with van der Waals surface area (Å²) >= 11 is 0. The maximum absolute atomic E-state index is 12.5. The molecule has 0 aliphatic heterocycles. The maximum Gasteiger partial charge on any atom is 0.186 e. The average molecular weight is 258 g/mol. The molecule has 19 heavy (non-hydrogen) atoms. The molecule has 1 aliphatic rings. The molecule has 1 aliphatic carbocycles. The molecule has 2 aromatic rings. The lowest BCUT2D eigenvalue weighted by Gasteiger charge is -2.19. The number of methoxy groups -OCH3 is 1. The topological polar surface area (TPSA) is 55.0 Å². The summed E-state index contributed by atoms with van der Waals surface area (Å²) in [6, 6.07) is 5.66. The Morgan fingerprint density at radius 1 is 1.32 bits per heavy atom. The van der Waals surface area contributed by atoms with Gasteiger partial charge < -0.3 is 4.74 Å². The molecule has 100 valence electrons. The minimum absolute atomic E-state index is 0.155. The number of aromatic nitrogens is 2. The molecule has 1 N–H and O–H groups in total. The number of hydrogen-bond acceptors (Lipinski definition) is 3. The first-order chi connectivity index (χ1) is 9.29. The Morgan fingerprint density at radius 3 is 2.84 bits per heavy atom. The van der Waals surface area contributed by atoms with Crippen molar-refractivity contribution in [3.8, 4) is 5.75 Å². The van der Waals surface area contributed by atoms with Crippen molar-refractivity contribution in [2.75, 3.05) is 7.11 Å². The molecule has 0 amide bonds. The van der Waals surface area contributed by atoms with Crippen LogP contribution in [-0.4, -0.2) is 23.1 Å². The van der Waals surface area contributed by atoms with E-state index in [1.807, 2.05) is 18.2 Å². The Labute approximate surface area is 112 Å². The Balaban J connectivity index is 1.93. The fourth-order valence-electron chi connectivity index (χ4n) is 2.87. The van der Waals surface area contributed by atoms with Gasteiger partial charge >= 0.3 is 0 Å². The molecule has 1 aromatic carbocycles. The molecule has 4 heteroatoms. The second-order valence-electron chi connectivity index (χ2n) is 5.18. The number of carbonyl (C=O) groups excluding carboxylic acids is 1. The van der Waals surface area contributed by atoms with Gasteiger partial charge in [-0.3, -0.25) is 9.89 Å². The van der Waals surface area contributed by atoms with E-state index in [0.717, 1.165) is 42.3 Å². The molecular weight excluding hydrogens is 240 g/mol. The number of fused-ring (bicyclic) bond motifs is 1. The fraction of sp³-hybridized carbons (Fsp3) is 0.467. The van der Waals surface area contributed by atoms with Gasteiger partial charge in [-0.05, 0) is 25.0 Å². The molecule has 0 saturated heterocycles. The Kier molecular flexibility index (Phi) is 3.23. The van der Waals surface area contributed by atoms with E-state index < -0.39 is 0 Å². The van der Waals surface area contributed by atoms with Crippen LogP contribution in [0.4, 0.5) is 0 Å². The first kappa shape index (κ1) is 12.2. The second kappa shape index (κ2) is 5.03. The number of carbonyl (C=O) groups is 1. The van der Waals surface area contributed by atoms with E-state index in [-0.39, 0.29) is 11.7 Å². The molecule has 0 unspecified atom stereocenters. The number of benzene rings is 1. The lowest BCUT2D eigenvalue weighted by atomic mass is 9.85. The molecule has 0 radical (unpaired) electrons. The maximum atomic E-state index is 12.5. The summed E-state index contributed by atoms with van der Waals surface area (Å²) in [6.07, 6.45) is 5.58. The van der Waals surface area contributed by atoms with Crippen LogP contribution in [-0.2, 0) is 0 Å². The smallest absolute Gasteiger partial charge is 0.186 e. The molecule has 1 saturated carbocycles. The zero-order valence-corrected chi connectivity index (χ0v) is 11.1. The summed E-state index contributed by atoms with van der Waals surface area (Å²) in [5, 5.41) is 8.05. The van der Waals surface area contributed by atoms with Gasteiger partial charge in [0.1, 0.15) is 11.4 Å². The Morgan fingerprint density at radius 2 is 2.11 bits per heavy atom. The Bertz CT molecular complexity index is 597. The predicted molar refractivity (Wildman–Crippen MR) is 73.6 cm³/mol. The highest BCUT2D eigenvalue weighted by molar-refractivity contribution is 6.07. The van der Waals surface area contributed by atoms with Gasteiger partial charge in [-0.1, -0.05) is 19.3 Å². The number of ether oxygens (including phenoxy) is 1. The number of nitrogens with zero attached hydrogens (tertiary/aromatic N) is 1. The first-order valence-corrected chi connectivity index (χ1v) is 6.86. The summed E-state index contributed by atoms with van der Waals surface area (Å²) < 4.78 is 5.18. The molecule has 3 rings (SSSR count). The minimum atomic E-state index is 0.155. The highest BCUT2D eigenvalue weighted by Gasteiger charge is 2.25. The standard InChI is InChI=1S/C15H18N2O2/c1-19-11-7-8-12-13(9-11)16-17-14(12)15(18)10-5-3-2-4-6-10/h7-10H,2-6H2,1H3,(H,16,17). The SMILES string of the molecule is COc1ccc2c(C(=O)C3CCCCC3)n[nH]c2c1. The third-order valence-corrected chi connectivity index (χ3v) is 3.98. The van der Waals surface area contributed by atoms with Crippen molar-refractivity contribution in [3.63, 3.8) is 0 Å². The molecular formula is C15H18N2O2. The van der Waals surface area contributed by atoms with Crippen molar-refractivity contribution in [2.45, 2.75) is 32.1 Å². The number of hydrogen-bond donors (Lipinski definition) is 1. The molecule has 4 nitrogen and oxygen atoms in total. The van der Waals surface area contributed by atoms with E-state index in [4.69, 9.17) is 4.74 Å². The van der Waals surface area contributed by atoms with Crippen LogP contribution in [0, 0.1) is 5.92 Å². The van der Waals surface area contributed by atoms with Crippen molar-refractivity contribution >= 4 is 16.7 Å². The van der Waals surface area contributed by atoms with E-state index in [1.54, 1.807) is 7.11 Å². The monoisotopic (exact) mass is 258 g/mol. The summed E-state index contributed by atoms with van der Waals surface area (Å²) in [5.41, 5.74) is 1.45. The molecule has 1 aromatic heterocycles. The van der Waals surface area contributed by atoms with Crippen LogP contribution < -0.4 is 4.74 Å². The van der Waals surface area contributed by atoms with Crippen molar-refractivity contribution in [1.29, 1.82) is 0 Å². The van der Waals surface area contributed by atoms with Crippen LogP contribution in [0.25, 0.3) is 10.9 Å². The Hall–Kier alpha value is -1.84. The van der Waals surface area contributed by atoms with Gasteiger partial charge in [-0.15, -0.1) is 0 Å². The van der Waals surface area contributed by atoms with Gasteiger partial charge in [-0.2, -0.15) is 5.10 Å².